The SMILES string of the molecule is Cc1sc(CN)nc1-c1cccc([N+](=O)[O-])c1. The topological polar surface area (TPSA) is 82.0 Å². The molecule has 6 heteroatoms. The Bertz CT molecular complexity index is 566. The maximum Gasteiger partial charge on any atom is 0.270 e. The van der Waals surface area contributed by atoms with E-state index in [0.29, 0.717) is 6.54 Å². The Morgan fingerprint density at radius 2 is 2.29 bits per heavy atom. The molecule has 0 unspecified atom stereocenters. The Labute approximate surface area is 102 Å². The fourth-order valence-electron chi connectivity index (χ4n) is 1.57. The summed E-state index contributed by atoms with van der Waals surface area (Å²) >= 11 is 1.52. The van der Waals surface area contributed by atoms with Gasteiger partial charge in [-0.05, 0) is 6.92 Å². The number of non-ortho nitro benzene ring substituents is 1. The minimum absolute atomic E-state index is 0.0733. The van der Waals surface area contributed by atoms with Crippen molar-refractivity contribution in [1.29, 1.82) is 0 Å². The molecule has 2 N–H and O–H groups in total. The van der Waals surface area contributed by atoms with Crippen LogP contribution in [0.4, 0.5) is 5.69 Å². The van der Waals surface area contributed by atoms with Crippen molar-refractivity contribution in [2.45, 2.75) is 13.5 Å². The van der Waals surface area contributed by atoms with Crippen molar-refractivity contribution in [3.05, 3.63) is 44.3 Å². The number of nitrogens with two attached hydrogens (primary N) is 1. The van der Waals surface area contributed by atoms with E-state index < -0.39 is 4.92 Å². The number of hydrogen-bond donors (Lipinski definition) is 1. The van der Waals surface area contributed by atoms with Gasteiger partial charge < -0.3 is 5.73 Å². The summed E-state index contributed by atoms with van der Waals surface area (Å²) in [4.78, 5) is 15.7. The van der Waals surface area contributed by atoms with Gasteiger partial charge in [0.15, 0.2) is 0 Å². The van der Waals surface area contributed by atoms with Gasteiger partial charge in [-0.15, -0.1) is 11.3 Å². The van der Waals surface area contributed by atoms with Crippen LogP contribution >= 0.6 is 11.3 Å². The van der Waals surface area contributed by atoms with Crippen molar-refractivity contribution in [3.63, 3.8) is 0 Å². The monoisotopic (exact) mass is 249 g/mol. The lowest BCUT2D eigenvalue weighted by atomic mass is 10.1. The summed E-state index contributed by atoms with van der Waals surface area (Å²) in [6.07, 6.45) is 0. The van der Waals surface area contributed by atoms with E-state index in [1.807, 2.05) is 13.0 Å². The lowest BCUT2D eigenvalue weighted by Gasteiger charge is -1.98. The molecule has 0 aliphatic rings. The minimum atomic E-state index is -0.408. The first-order chi connectivity index (χ1) is 8.11. The zero-order valence-corrected chi connectivity index (χ0v) is 10.0. The fourth-order valence-corrected chi connectivity index (χ4v) is 2.41. The van der Waals surface area contributed by atoms with E-state index in [4.69, 9.17) is 5.73 Å². The highest BCUT2D eigenvalue weighted by Crippen LogP contribution is 2.29. The Kier molecular flexibility index (Phi) is 3.16. The van der Waals surface area contributed by atoms with E-state index in [9.17, 15) is 10.1 Å². The number of aromatic nitrogens is 1. The van der Waals surface area contributed by atoms with Crippen molar-refractivity contribution < 1.29 is 4.92 Å². The first-order valence-electron chi connectivity index (χ1n) is 5.03. The summed E-state index contributed by atoms with van der Waals surface area (Å²) in [5.74, 6) is 0. The van der Waals surface area contributed by atoms with E-state index in [1.54, 1.807) is 6.07 Å². The molecular weight excluding hydrogens is 238 g/mol. The molecule has 0 aliphatic carbocycles. The van der Waals surface area contributed by atoms with Crippen molar-refractivity contribution in [1.82, 2.24) is 4.98 Å². The molecule has 0 aliphatic heterocycles. The zero-order valence-electron chi connectivity index (χ0n) is 9.21. The van der Waals surface area contributed by atoms with Crippen LogP contribution in [0.25, 0.3) is 11.3 Å². The maximum absolute atomic E-state index is 10.7. The number of nitrogens with zero attached hydrogens (tertiary/aromatic N) is 2. The van der Waals surface area contributed by atoms with Crippen LogP contribution in [0.3, 0.4) is 0 Å². The molecule has 0 spiro atoms. The molecule has 0 radical (unpaired) electrons. The quantitative estimate of drug-likeness (QED) is 0.669. The van der Waals surface area contributed by atoms with Crippen LogP contribution in [0, 0.1) is 17.0 Å². The smallest absolute Gasteiger partial charge is 0.270 e. The Hall–Kier alpha value is -1.79. The van der Waals surface area contributed by atoms with Gasteiger partial charge >= 0.3 is 0 Å². The predicted octanol–water partition coefficient (Wildman–Crippen LogP) is 2.49. The lowest BCUT2D eigenvalue weighted by molar-refractivity contribution is -0.384. The lowest BCUT2D eigenvalue weighted by Crippen LogP contribution is -1.94. The van der Waals surface area contributed by atoms with Crippen LogP contribution in [-0.4, -0.2) is 9.91 Å². The number of thiazole rings is 1. The van der Waals surface area contributed by atoms with Gasteiger partial charge in [-0.2, -0.15) is 0 Å². The number of nitro benzene ring substituents is 1. The normalized spacial score (nSPS) is 10.5. The minimum Gasteiger partial charge on any atom is -0.325 e. The number of benzene rings is 1. The number of nitro groups is 1. The van der Waals surface area contributed by atoms with Gasteiger partial charge in [0.2, 0.25) is 0 Å². The second kappa shape index (κ2) is 4.60. The summed E-state index contributed by atoms with van der Waals surface area (Å²) in [5.41, 5.74) is 7.14. The largest absolute Gasteiger partial charge is 0.325 e. The van der Waals surface area contributed by atoms with E-state index in [-0.39, 0.29) is 5.69 Å². The molecule has 0 atom stereocenters. The summed E-state index contributed by atoms with van der Waals surface area (Å²) in [7, 11) is 0. The van der Waals surface area contributed by atoms with Gasteiger partial charge in [-0.1, -0.05) is 12.1 Å². The van der Waals surface area contributed by atoms with Gasteiger partial charge in [0.25, 0.3) is 5.69 Å². The van der Waals surface area contributed by atoms with Gasteiger partial charge in [0.05, 0.1) is 10.6 Å². The molecule has 1 heterocycles. The van der Waals surface area contributed by atoms with Gasteiger partial charge in [-0.25, -0.2) is 4.98 Å². The molecule has 0 fully saturated rings. The van der Waals surface area contributed by atoms with E-state index in [1.165, 1.54) is 23.5 Å². The molecule has 2 aromatic rings. The molecular formula is C11H11N3O2S. The molecule has 1 aromatic carbocycles. The highest BCUT2D eigenvalue weighted by atomic mass is 32.1. The fraction of sp³-hybridized carbons (Fsp3) is 0.182. The van der Waals surface area contributed by atoms with Crippen molar-refractivity contribution >= 4 is 17.0 Å². The summed E-state index contributed by atoms with van der Waals surface area (Å²) in [6, 6.07) is 6.47. The Morgan fingerprint density at radius 3 is 2.88 bits per heavy atom. The van der Waals surface area contributed by atoms with Gasteiger partial charge in [0, 0.05) is 29.1 Å². The average molecular weight is 249 g/mol. The van der Waals surface area contributed by atoms with Crippen molar-refractivity contribution in [3.8, 4) is 11.3 Å². The standard InChI is InChI=1S/C11H11N3O2S/c1-7-11(13-10(6-12)17-7)8-3-2-4-9(5-8)14(15)16/h2-5H,6,12H2,1H3. The first-order valence-corrected chi connectivity index (χ1v) is 5.84. The van der Waals surface area contributed by atoms with E-state index in [2.05, 4.69) is 4.98 Å². The van der Waals surface area contributed by atoms with Gasteiger partial charge in [0.1, 0.15) is 5.01 Å². The highest BCUT2D eigenvalue weighted by Gasteiger charge is 2.12. The van der Waals surface area contributed by atoms with Crippen LogP contribution < -0.4 is 5.73 Å². The van der Waals surface area contributed by atoms with Crippen LogP contribution in [0.15, 0.2) is 24.3 Å². The third-order valence-corrected chi connectivity index (χ3v) is 3.34. The Balaban J connectivity index is 2.48. The summed E-state index contributed by atoms with van der Waals surface area (Å²) in [5, 5.41) is 11.5. The molecule has 17 heavy (non-hydrogen) atoms. The second-order valence-electron chi connectivity index (χ2n) is 3.52. The van der Waals surface area contributed by atoms with Crippen LogP contribution in [0.1, 0.15) is 9.88 Å². The molecule has 0 bridgehead atoms. The predicted molar refractivity (Wildman–Crippen MR) is 66.8 cm³/mol. The zero-order chi connectivity index (χ0) is 12.4. The Morgan fingerprint density at radius 1 is 1.53 bits per heavy atom. The highest BCUT2D eigenvalue weighted by molar-refractivity contribution is 7.12. The molecule has 5 nitrogen and oxygen atoms in total. The van der Waals surface area contributed by atoms with Crippen LogP contribution in [0.5, 0.6) is 0 Å². The third kappa shape index (κ3) is 2.32. The average Bonchev–Trinajstić information content (AvgIpc) is 2.71. The number of aryl methyl sites for hydroxylation is 1. The number of rotatable bonds is 3. The third-order valence-electron chi connectivity index (χ3n) is 2.35. The van der Waals surface area contributed by atoms with E-state index >= 15 is 0 Å². The maximum atomic E-state index is 10.7. The van der Waals surface area contributed by atoms with Crippen LogP contribution in [-0.2, 0) is 6.54 Å². The van der Waals surface area contributed by atoms with Gasteiger partial charge in [-0.3, -0.25) is 10.1 Å². The summed E-state index contributed by atoms with van der Waals surface area (Å²) in [6.45, 7) is 2.32. The second-order valence-corrected chi connectivity index (χ2v) is 4.81. The van der Waals surface area contributed by atoms with Crippen molar-refractivity contribution in [2.24, 2.45) is 5.73 Å². The molecule has 0 saturated carbocycles. The summed E-state index contributed by atoms with van der Waals surface area (Å²) < 4.78 is 0. The molecule has 1 aromatic heterocycles. The van der Waals surface area contributed by atoms with E-state index in [0.717, 1.165) is 21.1 Å². The van der Waals surface area contributed by atoms with Crippen LogP contribution in [0.2, 0.25) is 0 Å². The molecule has 0 amide bonds. The first kappa shape index (κ1) is 11.7. The molecule has 88 valence electrons. The van der Waals surface area contributed by atoms with Crippen molar-refractivity contribution in [2.75, 3.05) is 0 Å². The molecule has 0 saturated heterocycles. The molecule has 2 rings (SSSR count). The number of hydrogen-bond acceptors (Lipinski definition) is 5.